The standard InChI is InChI=1S/C12H24O4/c1-4-5-6-7-10(13)8-11(14)9(2)12(15)16-3/h9-11,13-14H,4-8H2,1-3H3/t9-,10+,11+/m1/s1. The molecule has 0 aromatic heterocycles. The van der Waals surface area contributed by atoms with Gasteiger partial charge in [-0.1, -0.05) is 26.2 Å². The van der Waals surface area contributed by atoms with E-state index in [0.717, 1.165) is 19.3 Å². The number of ether oxygens (including phenoxy) is 1. The molecule has 4 heteroatoms. The number of aliphatic hydroxyl groups is 2. The molecule has 0 aliphatic heterocycles. The van der Waals surface area contributed by atoms with Crippen LogP contribution in [0.2, 0.25) is 0 Å². The first-order valence-electron chi connectivity index (χ1n) is 5.96. The molecule has 0 aromatic rings. The molecule has 16 heavy (non-hydrogen) atoms. The first-order chi connectivity index (χ1) is 7.52. The smallest absolute Gasteiger partial charge is 0.311 e. The van der Waals surface area contributed by atoms with Crippen molar-refractivity contribution >= 4 is 5.97 Å². The normalized spacial score (nSPS) is 16.6. The minimum Gasteiger partial charge on any atom is -0.469 e. The van der Waals surface area contributed by atoms with Crippen molar-refractivity contribution in [2.24, 2.45) is 5.92 Å². The fourth-order valence-electron chi connectivity index (χ4n) is 1.57. The van der Waals surface area contributed by atoms with Crippen molar-refractivity contribution in [3.05, 3.63) is 0 Å². The quantitative estimate of drug-likeness (QED) is 0.491. The van der Waals surface area contributed by atoms with Gasteiger partial charge < -0.3 is 14.9 Å². The molecule has 2 N–H and O–H groups in total. The Bertz CT molecular complexity index is 193. The average molecular weight is 232 g/mol. The van der Waals surface area contributed by atoms with E-state index in [1.165, 1.54) is 7.11 Å². The number of rotatable bonds is 8. The summed E-state index contributed by atoms with van der Waals surface area (Å²) in [4.78, 5) is 11.1. The first kappa shape index (κ1) is 15.4. The fraction of sp³-hybridized carbons (Fsp3) is 0.917. The van der Waals surface area contributed by atoms with Crippen LogP contribution in [0.25, 0.3) is 0 Å². The summed E-state index contributed by atoms with van der Waals surface area (Å²) in [5, 5.41) is 19.3. The van der Waals surface area contributed by atoms with Gasteiger partial charge in [0, 0.05) is 6.42 Å². The molecule has 4 nitrogen and oxygen atoms in total. The van der Waals surface area contributed by atoms with Gasteiger partial charge in [-0.3, -0.25) is 4.79 Å². The van der Waals surface area contributed by atoms with Crippen LogP contribution < -0.4 is 0 Å². The Morgan fingerprint density at radius 1 is 1.31 bits per heavy atom. The number of aliphatic hydroxyl groups excluding tert-OH is 2. The number of esters is 1. The number of methoxy groups -OCH3 is 1. The molecule has 0 heterocycles. The van der Waals surface area contributed by atoms with E-state index in [0.29, 0.717) is 6.42 Å². The molecule has 3 atom stereocenters. The number of carbonyl (C=O) groups excluding carboxylic acids is 1. The Hall–Kier alpha value is -0.610. The monoisotopic (exact) mass is 232 g/mol. The Morgan fingerprint density at radius 2 is 1.94 bits per heavy atom. The largest absolute Gasteiger partial charge is 0.469 e. The SMILES string of the molecule is CCCCC[C@H](O)C[C@H](O)[C@@H](C)C(=O)OC. The Kier molecular flexibility index (Phi) is 8.21. The molecule has 0 saturated heterocycles. The van der Waals surface area contributed by atoms with Crippen LogP contribution in [0.15, 0.2) is 0 Å². The maximum Gasteiger partial charge on any atom is 0.311 e. The lowest BCUT2D eigenvalue weighted by Gasteiger charge is -2.19. The van der Waals surface area contributed by atoms with E-state index in [-0.39, 0.29) is 6.42 Å². The lowest BCUT2D eigenvalue weighted by Crippen LogP contribution is -2.30. The highest BCUT2D eigenvalue weighted by Crippen LogP contribution is 2.14. The Morgan fingerprint density at radius 3 is 2.44 bits per heavy atom. The van der Waals surface area contributed by atoms with Crippen LogP contribution >= 0.6 is 0 Å². The molecule has 0 aromatic carbocycles. The summed E-state index contributed by atoms with van der Waals surface area (Å²) in [5.74, 6) is -1.01. The molecule has 0 bridgehead atoms. The second kappa shape index (κ2) is 8.53. The van der Waals surface area contributed by atoms with Crippen LogP contribution in [0.1, 0.15) is 46.0 Å². The molecular weight excluding hydrogens is 208 g/mol. The molecule has 0 saturated carbocycles. The summed E-state index contributed by atoms with van der Waals surface area (Å²) in [5.41, 5.74) is 0. The predicted molar refractivity (Wildman–Crippen MR) is 62.0 cm³/mol. The van der Waals surface area contributed by atoms with Crippen molar-refractivity contribution in [3.8, 4) is 0 Å². The van der Waals surface area contributed by atoms with E-state index < -0.39 is 24.1 Å². The second-order valence-electron chi connectivity index (χ2n) is 4.26. The van der Waals surface area contributed by atoms with E-state index in [4.69, 9.17) is 0 Å². The van der Waals surface area contributed by atoms with Crippen molar-refractivity contribution in [2.45, 2.75) is 58.2 Å². The second-order valence-corrected chi connectivity index (χ2v) is 4.26. The Balaban J connectivity index is 3.84. The van der Waals surface area contributed by atoms with Crippen LogP contribution in [0.3, 0.4) is 0 Å². The van der Waals surface area contributed by atoms with Crippen LogP contribution in [0, 0.1) is 5.92 Å². The minimum absolute atomic E-state index is 0.236. The number of carbonyl (C=O) groups is 1. The lowest BCUT2D eigenvalue weighted by atomic mass is 9.97. The molecule has 0 aliphatic rings. The average Bonchev–Trinajstić information content (AvgIpc) is 2.27. The number of hydrogen-bond acceptors (Lipinski definition) is 4. The van der Waals surface area contributed by atoms with Gasteiger partial charge in [0.25, 0.3) is 0 Å². The maximum absolute atomic E-state index is 11.1. The minimum atomic E-state index is -0.830. The maximum atomic E-state index is 11.1. The zero-order valence-corrected chi connectivity index (χ0v) is 10.5. The third-order valence-electron chi connectivity index (χ3n) is 2.80. The molecule has 96 valence electrons. The van der Waals surface area contributed by atoms with Crippen molar-refractivity contribution in [2.75, 3.05) is 7.11 Å². The topological polar surface area (TPSA) is 66.8 Å². The molecular formula is C12H24O4. The summed E-state index contributed by atoms with van der Waals surface area (Å²) in [6.45, 7) is 3.70. The lowest BCUT2D eigenvalue weighted by molar-refractivity contribution is -0.149. The molecule has 0 radical (unpaired) electrons. The highest BCUT2D eigenvalue weighted by atomic mass is 16.5. The summed E-state index contributed by atoms with van der Waals surface area (Å²) in [6, 6.07) is 0. The van der Waals surface area contributed by atoms with Gasteiger partial charge in [-0.05, 0) is 13.3 Å². The van der Waals surface area contributed by atoms with E-state index in [9.17, 15) is 15.0 Å². The van der Waals surface area contributed by atoms with E-state index in [1.54, 1.807) is 6.92 Å². The van der Waals surface area contributed by atoms with Gasteiger partial charge in [-0.15, -0.1) is 0 Å². The molecule has 0 aliphatic carbocycles. The summed E-state index contributed by atoms with van der Waals surface area (Å²) < 4.78 is 4.53. The molecule has 0 rings (SSSR count). The van der Waals surface area contributed by atoms with Crippen LogP contribution in [0.4, 0.5) is 0 Å². The summed E-state index contributed by atoms with van der Waals surface area (Å²) in [6.07, 6.45) is 2.70. The summed E-state index contributed by atoms with van der Waals surface area (Å²) in [7, 11) is 1.29. The molecule has 0 fully saturated rings. The molecule has 0 spiro atoms. The van der Waals surface area contributed by atoms with Crippen molar-refractivity contribution in [1.29, 1.82) is 0 Å². The third kappa shape index (κ3) is 6.08. The van der Waals surface area contributed by atoms with E-state index >= 15 is 0 Å². The van der Waals surface area contributed by atoms with Crippen LogP contribution in [0.5, 0.6) is 0 Å². The van der Waals surface area contributed by atoms with Gasteiger partial charge in [0.2, 0.25) is 0 Å². The Labute approximate surface area is 97.6 Å². The molecule has 0 amide bonds. The zero-order chi connectivity index (χ0) is 12.6. The van der Waals surface area contributed by atoms with Crippen LogP contribution in [-0.4, -0.2) is 35.5 Å². The van der Waals surface area contributed by atoms with Crippen molar-refractivity contribution in [1.82, 2.24) is 0 Å². The van der Waals surface area contributed by atoms with Crippen molar-refractivity contribution < 1.29 is 19.7 Å². The van der Waals surface area contributed by atoms with Crippen LogP contribution in [-0.2, 0) is 9.53 Å². The number of hydrogen-bond donors (Lipinski definition) is 2. The highest BCUT2D eigenvalue weighted by Gasteiger charge is 2.24. The van der Waals surface area contributed by atoms with Crippen molar-refractivity contribution in [3.63, 3.8) is 0 Å². The highest BCUT2D eigenvalue weighted by molar-refractivity contribution is 5.72. The first-order valence-corrected chi connectivity index (χ1v) is 5.96. The van der Waals surface area contributed by atoms with Gasteiger partial charge in [-0.25, -0.2) is 0 Å². The molecule has 0 unspecified atom stereocenters. The van der Waals surface area contributed by atoms with Gasteiger partial charge in [0.1, 0.15) is 0 Å². The van der Waals surface area contributed by atoms with Gasteiger partial charge >= 0.3 is 5.97 Å². The summed E-state index contributed by atoms with van der Waals surface area (Å²) >= 11 is 0. The van der Waals surface area contributed by atoms with Gasteiger partial charge in [0.15, 0.2) is 0 Å². The third-order valence-corrected chi connectivity index (χ3v) is 2.80. The van der Waals surface area contributed by atoms with E-state index in [1.807, 2.05) is 0 Å². The number of unbranched alkanes of at least 4 members (excludes halogenated alkanes) is 2. The fourth-order valence-corrected chi connectivity index (χ4v) is 1.57. The zero-order valence-electron chi connectivity index (χ0n) is 10.5. The van der Waals surface area contributed by atoms with Gasteiger partial charge in [-0.2, -0.15) is 0 Å². The van der Waals surface area contributed by atoms with Gasteiger partial charge in [0.05, 0.1) is 25.2 Å². The predicted octanol–water partition coefficient (Wildman–Crippen LogP) is 1.49. The van der Waals surface area contributed by atoms with E-state index in [2.05, 4.69) is 11.7 Å².